The van der Waals surface area contributed by atoms with Gasteiger partial charge in [0.25, 0.3) is 0 Å². The molecule has 0 radical (unpaired) electrons. The zero-order valence-electron chi connectivity index (χ0n) is 14.8. The molecule has 1 aliphatic rings. The van der Waals surface area contributed by atoms with E-state index < -0.39 is 5.97 Å². The summed E-state index contributed by atoms with van der Waals surface area (Å²) < 4.78 is 16.2. The van der Waals surface area contributed by atoms with E-state index >= 15 is 0 Å². The van der Waals surface area contributed by atoms with Gasteiger partial charge < -0.3 is 13.9 Å². The van der Waals surface area contributed by atoms with Crippen molar-refractivity contribution in [2.24, 2.45) is 0 Å². The number of hydrogen-bond donors (Lipinski definition) is 0. The molecule has 1 aromatic heterocycles. The van der Waals surface area contributed by atoms with Gasteiger partial charge in [-0.1, -0.05) is 29.8 Å². The molecule has 0 bridgehead atoms. The number of ketones is 1. The van der Waals surface area contributed by atoms with Gasteiger partial charge in [-0.3, -0.25) is 4.79 Å². The van der Waals surface area contributed by atoms with Crippen molar-refractivity contribution in [2.75, 3.05) is 0 Å². The first-order valence-electron chi connectivity index (χ1n) is 8.43. The molecular formula is C22H16O5. The van der Waals surface area contributed by atoms with Crippen molar-refractivity contribution in [3.05, 3.63) is 88.6 Å². The number of esters is 1. The van der Waals surface area contributed by atoms with Gasteiger partial charge in [-0.2, -0.15) is 0 Å². The Morgan fingerprint density at radius 3 is 2.67 bits per heavy atom. The molecule has 27 heavy (non-hydrogen) atoms. The molecule has 1 aliphatic heterocycles. The van der Waals surface area contributed by atoms with Crippen LogP contribution in [0.5, 0.6) is 11.5 Å². The molecule has 0 unspecified atom stereocenters. The van der Waals surface area contributed by atoms with Gasteiger partial charge in [-0.25, -0.2) is 4.79 Å². The van der Waals surface area contributed by atoms with Crippen LogP contribution >= 0.6 is 0 Å². The zero-order chi connectivity index (χ0) is 19.0. The second-order valence-corrected chi connectivity index (χ2v) is 6.29. The first kappa shape index (κ1) is 16.8. The lowest BCUT2D eigenvalue weighted by atomic mass is 10.1. The number of carbonyl (C=O) groups is 2. The molecule has 134 valence electrons. The molecule has 0 fully saturated rings. The fourth-order valence-corrected chi connectivity index (χ4v) is 2.93. The fraction of sp³-hybridized carbons (Fsp3) is 0.0909. The number of carbonyl (C=O) groups excluding carboxylic acids is 2. The quantitative estimate of drug-likeness (QED) is 0.384. The van der Waals surface area contributed by atoms with Gasteiger partial charge in [0.2, 0.25) is 11.5 Å². The summed E-state index contributed by atoms with van der Waals surface area (Å²) >= 11 is 0. The molecule has 5 heteroatoms. The Morgan fingerprint density at radius 1 is 1.07 bits per heavy atom. The Balaban J connectivity index is 1.64. The van der Waals surface area contributed by atoms with E-state index in [4.69, 9.17) is 13.9 Å². The van der Waals surface area contributed by atoms with E-state index in [1.165, 1.54) is 12.3 Å². The molecule has 4 rings (SSSR count). The van der Waals surface area contributed by atoms with E-state index in [0.29, 0.717) is 22.6 Å². The molecule has 2 heterocycles. The Morgan fingerprint density at radius 2 is 1.93 bits per heavy atom. The number of ether oxygens (including phenoxy) is 2. The van der Waals surface area contributed by atoms with Gasteiger partial charge in [-0.15, -0.1) is 0 Å². The van der Waals surface area contributed by atoms with Crippen molar-refractivity contribution in [3.63, 3.8) is 0 Å². The maximum Gasteiger partial charge on any atom is 0.379 e. The maximum atomic E-state index is 12.6. The highest BCUT2D eigenvalue weighted by atomic mass is 16.5. The summed E-state index contributed by atoms with van der Waals surface area (Å²) in [6.07, 6.45) is 3.11. The monoisotopic (exact) mass is 360 g/mol. The van der Waals surface area contributed by atoms with Crippen LogP contribution in [-0.4, -0.2) is 11.8 Å². The van der Waals surface area contributed by atoms with E-state index in [1.54, 1.807) is 31.2 Å². The second-order valence-electron chi connectivity index (χ2n) is 6.29. The van der Waals surface area contributed by atoms with E-state index in [2.05, 4.69) is 0 Å². The van der Waals surface area contributed by atoms with Crippen molar-refractivity contribution in [3.8, 4) is 11.5 Å². The average molecular weight is 360 g/mol. The van der Waals surface area contributed by atoms with Crippen LogP contribution in [0, 0.1) is 13.8 Å². The van der Waals surface area contributed by atoms with Crippen LogP contribution in [0.3, 0.4) is 0 Å². The number of benzene rings is 2. The predicted octanol–water partition coefficient (Wildman–Crippen LogP) is 4.73. The number of rotatable bonds is 3. The van der Waals surface area contributed by atoms with Crippen LogP contribution in [0.1, 0.15) is 37.6 Å². The Hall–Kier alpha value is -3.60. The van der Waals surface area contributed by atoms with Crippen LogP contribution in [0.15, 0.2) is 65.0 Å². The SMILES string of the molecule is Cc1cccc(/C=C2\Oc3c(ccc(OC(=O)c4ccco4)c3C)C2=O)c1. The first-order valence-corrected chi connectivity index (χ1v) is 8.43. The first-order chi connectivity index (χ1) is 13.0. The minimum Gasteiger partial charge on any atom is -0.457 e. The van der Waals surface area contributed by atoms with E-state index in [0.717, 1.165) is 11.1 Å². The van der Waals surface area contributed by atoms with Gasteiger partial charge in [0, 0.05) is 5.56 Å². The third-order valence-corrected chi connectivity index (χ3v) is 4.30. The second kappa shape index (κ2) is 6.61. The van der Waals surface area contributed by atoms with E-state index in [1.807, 2.05) is 31.2 Å². The lowest BCUT2D eigenvalue weighted by Gasteiger charge is -2.09. The Kier molecular flexibility index (Phi) is 4.12. The number of allylic oxidation sites excluding steroid dienone is 1. The summed E-state index contributed by atoms with van der Waals surface area (Å²) in [5.41, 5.74) is 3.00. The van der Waals surface area contributed by atoms with Crippen molar-refractivity contribution in [1.82, 2.24) is 0 Å². The zero-order valence-corrected chi connectivity index (χ0v) is 14.8. The van der Waals surface area contributed by atoms with Gasteiger partial charge >= 0.3 is 5.97 Å². The van der Waals surface area contributed by atoms with Gasteiger partial charge in [0.05, 0.1) is 11.8 Å². The molecular weight excluding hydrogens is 344 g/mol. The highest BCUT2D eigenvalue weighted by Crippen LogP contribution is 2.39. The average Bonchev–Trinajstić information content (AvgIpc) is 3.28. The smallest absolute Gasteiger partial charge is 0.379 e. The number of furan rings is 1. The summed E-state index contributed by atoms with van der Waals surface area (Å²) in [4.78, 5) is 24.7. The predicted molar refractivity (Wildman–Crippen MR) is 99.0 cm³/mol. The third kappa shape index (κ3) is 3.15. The molecule has 0 spiro atoms. The minimum absolute atomic E-state index is 0.104. The third-order valence-electron chi connectivity index (χ3n) is 4.30. The number of aryl methyl sites for hydroxylation is 1. The molecule has 0 aliphatic carbocycles. The molecule has 2 aromatic carbocycles. The number of hydrogen-bond acceptors (Lipinski definition) is 5. The van der Waals surface area contributed by atoms with Crippen molar-refractivity contribution in [1.29, 1.82) is 0 Å². The summed E-state index contributed by atoms with van der Waals surface area (Å²) in [6, 6.07) is 14.1. The lowest BCUT2D eigenvalue weighted by molar-refractivity contribution is 0.0700. The number of Topliss-reactive ketones (excluding diaryl/α,β-unsaturated/α-hetero) is 1. The highest BCUT2D eigenvalue weighted by molar-refractivity contribution is 6.15. The molecule has 5 nitrogen and oxygen atoms in total. The molecule has 0 saturated heterocycles. The van der Waals surface area contributed by atoms with E-state index in [9.17, 15) is 9.59 Å². The van der Waals surface area contributed by atoms with Crippen LogP contribution in [0.2, 0.25) is 0 Å². The molecule has 3 aromatic rings. The van der Waals surface area contributed by atoms with Gasteiger partial charge in [0.1, 0.15) is 11.5 Å². The minimum atomic E-state index is -0.608. The summed E-state index contributed by atoms with van der Waals surface area (Å²) in [5, 5.41) is 0. The fourth-order valence-electron chi connectivity index (χ4n) is 2.93. The molecule has 0 atom stereocenters. The van der Waals surface area contributed by atoms with Crippen LogP contribution in [-0.2, 0) is 0 Å². The Labute approximate surface area is 155 Å². The normalized spacial score (nSPS) is 14.1. The summed E-state index contributed by atoms with van der Waals surface area (Å²) in [5.74, 6) is 0.268. The summed E-state index contributed by atoms with van der Waals surface area (Å²) in [6.45, 7) is 3.73. The Bertz CT molecular complexity index is 1070. The van der Waals surface area contributed by atoms with Crippen molar-refractivity contribution < 1.29 is 23.5 Å². The van der Waals surface area contributed by atoms with Crippen LogP contribution in [0.4, 0.5) is 0 Å². The molecule has 0 N–H and O–H groups in total. The standard InChI is InChI=1S/C22H16O5/c1-13-5-3-6-15(11-13)12-19-20(23)16-8-9-17(14(2)21(16)26-19)27-22(24)18-7-4-10-25-18/h3-12H,1-2H3/b19-12-. The van der Waals surface area contributed by atoms with Crippen LogP contribution in [0.25, 0.3) is 6.08 Å². The number of fused-ring (bicyclic) bond motifs is 1. The maximum absolute atomic E-state index is 12.6. The lowest BCUT2D eigenvalue weighted by Crippen LogP contribution is -2.08. The highest BCUT2D eigenvalue weighted by Gasteiger charge is 2.30. The molecule has 0 amide bonds. The summed E-state index contributed by atoms with van der Waals surface area (Å²) in [7, 11) is 0. The van der Waals surface area contributed by atoms with Gasteiger partial charge in [-0.05, 0) is 49.8 Å². The van der Waals surface area contributed by atoms with Crippen molar-refractivity contribution >= 4 is 17.8 Å². The van der Waals surface area contributed by atoms with E-state index in [-0.39, 0.29) is 17.3 Å². The molecule has 0 saturated carbocycles. The topological polar surface area (TPSA) is 65.7 Å². The van der Waals surface area contributed by atoms with Crippen molar-refractivity contribution in [2.45, 2.75) is 13.8 Å². The van der Waals surface area contributed by atoms with Gasteiger partial charge in [0.15, 0.2) is 5.76 Å². The largest absolute Gasteiger partial charge is 0.457 e. The van der Waals surface area contributed by atoms with Crippen LogP contribution < -0.4 is 9.47 Å².